The van der Waals surface area contributed by atoms with Gasteiger partial charge in [-0.15, -0.1) is 11.3 Å². The lowest BCUT2D eigenvalue weighted by Gasteiger charge is -2.09. The molecule has 0 bridgehead atoms. The lowest BCUT2D eigenvalue weighted by molar-refractivity contribution is 0.146. The number of hydrogen-bond acceptors (Lipinski definition) is 4. The van der Waals surface area contributed by atoms with Crippen LogP contribution in [0.1, 0.15) is 25.1 Å². The van der Waals surface area contributed by atoms with Gasteiger partial charge in [0.05, 0.1) is 17.5 Å². The minimum absolute atomic E-state index is 0.360. The lowest BCUT2D eigenvalue weighted by Crippen LogP contribution is -2.16. The Morgan fingerprint density at radius 1 is 1.41 bits per heavy atom. The van der Waals surface area contributed by atoms with E-state index in [4.69, 9.17) is 0 Å². The van der Waals surface area contributed by atoms with E-state index in [2.05, 4.69) is 29.1 Å². The van der Waals surface area contributed by atoms with E-state index in [0.717, 1.165) is 23.5 Å². The van der Waals surface area contributed by atoms with Crippen molar-refractivity contribution in [2.75, 3.05) is 0 Å². The first-order valence-corrected chi connectivity index (χ1v) is 6.71. The van der Waals surface area contributed by atoms with E-state index in [-0.39, 0.29) is 6.10 Å². The SMILES string of the molecule is CCc1ccc(-c2ncnn2CC(O)CC)s1. The first-order valence-electron chi connectivity index (χ1n) is 5.89. The third kappa shape index (κ3) is 2.73. The second kappa shape index (κ2) is 5.42. The summed E-state index contributed by atoms with van der Waals surface area (Å²) in [5.41, 5.74) is 0. The van der Waals surface area contributed by atoms with Crippen LogP contribution < -0.4 is 0 Å². The van der Waals surface area contributed by atoms with Crippen molar-refractivity contribution in [2.45, 2.75) is 39.3 Å². The van der Waals surface area contributed by atoms with Crippen LogP contribution in [0.25, 0.3) is 10.7 Å². The summed E-state index contributed by atoms with van der Waals surface area (Å²) < 4.78 is 1.78. The second-order valence-corrected chi connectivity index (χ2v) is 5.12. The van der Waals surface area contributed by atoms with E-state index in [1.54, 1.807) is 22.3 Å². The monoisotopic (exact) mass is 251 g/mol. The number of rotatable bonds is 5. The Hall–Kier alpha value is -1.20. The molecule has 1 atom stereocenters. The Balaban J connectivity index is 2.23. The molecule has 4 nitrogen and oxygen atoms in total. The van der Waals surface area contributed by atoms with Crippen LogP contribution >= 0.6 is 11.3 Å². The third-order valence-electron chi connectivity index (χ3n) is 2.70. The Labute approximate surface area is 105 Å². The third-order valence-corrected chi connectivity index (χ3v) is 3.93. The van der Waals surface area contributed by atoms with Gasteiger partial charge in [-0.05, 0) is 25.0 Å². The quantitative estimate of drug-likeness (QED) is 0.887. The van der Waals surface area contributed by atoms with Gasteiger partial charge in [-0.25, -0.2) is 9.67 Å². The Bertz CT molecular complexity index is 478. The number of nitrogens with zero attached hydrogens (tertiary/aromatic N) is 3. The van der Waals surface area contributed by atoms with Crippen molar-refractivity contribution < 1.29 is 5.11 Å². The van der Waals surface area contributed by atoms with Crippen molar-refractivity contribution in [3.63, 3.8) is 0 Å². The van der Waals surface area contributed by atoms with Gasteiger partial charge < -0.3 is 5.11 Å². The molecule has 0 aromatic carbocycles. The van der Waals surface area contributed by atoms with Crippen molar-refractivity contribution in [3.05, 3.63) is 23.3 Å². The van der Waals surface area contributed by atoms with Gasteiger partial charge in [0.25, 0.3) is 0 Å². The molecule has 2 rings (SSSR count). The predicted molar refractivity (Wildman–Crippen MR) is 69.0 cm³/mol. The molecule has 17 heavy (non-hydrogen) atoms. The highest BCUT2D eigenvalue weighted by atomic mass is 32.1. The van der Waals surface area contributed by atoms with Gasteiger partial charge in [-0.3, -0.25) is 0 Å². The molecule has 92 valence electrons. The molecule has 0 saturated heterocycles. The highest BCUT2D eigenvalue weighted by molar-refractivity contribution is 7.15. The highest BCUT2D eigenvalue weighted by Gasteiger charge is 2.12. The van der Waals surface area contributed by atoms with Crippen molar-refractivity contribution in [3.8, 4) is 10.7 Å². The fourth-order valence-electron chi connectivity index (χ4n) is 1.61. The van der Waals surface area contributed by atoms with Crippen molar-refractivity contribution >= 4 is 11.3 Å². The van der Waals surface area contributed by atoms with Crippen LogP contribution in [0.3, 0.4) is 0 Å². The van der Waals surface area contributed by atoms with E-state index in [9.17, 15) is 5.11 Å². The van der Waals surface area contributed by atoms with Gasteiger partial charge >= 0.3 is 0 Å². The maximum Gasteiger partial charge on any atom is 0.168 e. The van der Waals surface area contributed by atoms with E-state index in [1.165, 1.54) is 4.88 Å². The largest absolute Gasteiger partial charge is 0.391 e. The summed E-state index contributed by atoms with van der Waals surface area (Å²) in [6, 6.07) is 4.19. The van der Waals surface area contributed by atoms with Crippen molar-refractivity contribution in [1.82, 2.24) is 14.8 Å². The van der Waals surface area contributed by atoms with E-state index < -0.39 is 0 Å². The fourth-order valence-corrected chi connectivity index (χ4v) is 2.55. The van der Waals surface area contributed by atoms with E-state index in [0.29, 0.717) is 6.54 Å². The zero-order chi connectivity index (χ0) is 12.3. The minimum atomic E-state index is -0.360. The zero-order valence-corrected chi connectivity index (χ0v) is 10.9. The van der Waals surface area contributed by atoms with Crippen molar-refractivity contribution in [2.24, 2.45) is 0 Å². The van der Waals surface area contributed by atoms with Crippen LogP contribution in [0, 0.1) is 0 Å². The molecule has 0 saturated carbocycles. The number of aromatic nitrogens is 3. The van der Waals surface area contributed by atoms with Gasteiger partial charge in [-0.1, -0.05) is 13.8 Å². The maximum atomic E-state index is 9.67. The topological polar surface area (TPSA) is 50.9 Å². The van der Waals surface area contributed by atoms with Gasteiger partial charge in [-0.2, -0.15) is 5.10 Å². The average Bonchev–Trinajstić information content (AvgIpc) is 2.96. The molecule has 2 aromatic rings. The highest BCUT2D eigenvalue weighted by Crippen LogP contribution is 2.26. The van der Waals surface area contributed by atoms with Gasteiger partial charge in [0.15, 0.2) is 5.82 Å². The molecule has 0 radical (unpaired) electrons. The van der Waals surface area contributed by atoms with Crippen LogP contribution in [0.2, 0.25) is 0 Å². The van der Waals surface area contributed by atoms with Crippen molar-refractivity contribution in [1.29, 1.82) is 0 Å². The molecule has 0 fully saturated rings. The molecule has 2 aromatic heterocycles. The number of aryl methyl sites for hydroxylation is 1. The number of aliphatic hydroxyl groups is 1. The smallest absolute Gasteiger partial charge is 0.168 e. The van der Waals surface area contributed by atoms with Gasteiger partial charge in [0.1, 0.15) is 6.33 Å². The molecular weight excluding hydrogens is 234 g/mol. The molecule has 5 heteroatoms. The first-order chi connectivity index (χ1) is 8.24. The number of aliphatic hydroxyl groups excluding tert-OH is 1. The summed E-state index contributed by atoms with van der Waals surface area (Å²) in [4.78, 5) is 6.72. The normalized spacial score (nSPS) is 12.9. The Kier molecular flexibility index (Phi) is 3.91. The molecule has 0 aliphatic carbocycles. The molecule has 2 heterocycles. The number of thiophene rings is 1. The standard InChI is InChI=1S/C12H17N3OS/c1-3-9(16)7-15-12(13-8-14-15)11-6-5-10(4-2)17-11/h5-6,8-9,16H,3-4,7H2,1-2H3. The van der Waals surface area contributed by atoms with E-state index >= 15 is 0 Å². The molecule has 1 N–H and O–H groups in total. The van der Waals surface area contributed by atoms with Crippen LogP contribution in [0.15, 0.2) is 18.5 Å². The minimum Gasteiger partial charge on any atom is -0.391 e. The molecule has 1 unspecified atom stereocenters. The Morgan fingerprint density at radius 3 is 2.88 bits per heavy atom. The van der Waals surface area contributed by atoms with Gasteiger partial charge in [0, 0.05) is 4.88 Å². The Morgan fingerprint density at radius 2 is 2.24 bits per heavy atom. The van der Waals surface area contributed by atoms with Crippen LogP contribution in [-0.4, -0.2) is 26.0 Å². The summed E-state index contributed by atoms with van der Waals surface area (Å²) in [7, 11) is 0. The van der Waals surface area contributed by atoms with Crippen LogP contribution in [-0.2, 0) is 13.0 Å². The second-order valence-electron chi connectivity index (χ2n) is 3.95. The molecule has 0 aliphatic heterocycles. The number of hydrogen-bond donors (Lipinski definition) is 1. The summed E-state index contributed by atoms with van der Waals surface area (Å²) in [6.07, 6.45) is 2.95. The first kappa shape index (κ1) is 12.3. The van der Waals surface area contributed by atoms with Crippen LogP contribution in [0.5, 0.6) is 0 Å². The average molecular weight is 251 g/mol. The maximum absolute atomic E-state index is 9.67. The predicted octanol–water partition coefficient (Wildman–Crippen LogP) is 2.34. The lowest BCUT2D eigenvalue weighted by atomic mass is 10.3. The summed E-state index contributed by atoms with van der Waals surface area (Å²) >= 11 is 1.73. The molecule has 0 spiro atoms. The summed E-state index contributed by atoms with van der Waals surface area (Å²) in [5.74, 6) is 0.849. The fraction of sp³-hybridized carbons (Fsp3) is 0.500. The molecule has 0 amide bonds. The summed E-state index contributed by atoms with van der Waals surface area (Å²) in [5, 5.41) is 13.8. The molecular formula is C12H17N3OS. The summed E-state index contributed by atoms with van der Waals surface area (Å²) in [6.45, 7) is 4.61. The molecule has 0 aliphatic rings. The van der Waals surface area contributed by atoms with Crippen LogP contribution in [0.4, 0.5) is 0 Å². The van der Waals surface area contributed by atoms with E-state index in [1.807, 2.05) is 6.92 Å². The van der Waals surface area contributed by atoms with Gasteiger partial charge in [0.2, 0.25) is 0 Å². The zero-order valence-electron chi connectivity index (χ0n) is 10.1.